The first-order valence-electron chi connectivity index (χ1n) is 8.89. The van der Waals surface area contributed by atoms with E-state index in [1.54, 1.807) is 18.2 Å². The second kappa shape index (κ2) is 11.8. The van der Waals surface area contributed by atoms with E-state index in [1.807, 2.05) is 19.1 Å². The molecule has 4 nitrogen and oxygen atoms in total. The van der Waals surface area contributed by atoms with E-state index in [0.717, 1.165) is 35.0 Å². The minimum Gasteiger partial charge on any atom is -0.490 e. The highest BCUT2D eigenvalue weighted by atomic mass is 79.9. The van der Waals surface area contributed by atoms with Gasteiger partial charge in [0.25, 0.3) is 0 Å². The van der Waals surface area contributed by atoms with Crippen molar-refractivity contribution in [3.63, 3.8) is 0 Å². The number of rotatable bonds is 11. The molecule has 2 aromatic carbocycles. The maximum Gasteiger partial charge on any atom is 0.175 e. The molecule has 2 N–H and O–H groups in total. The van der Waals surface area contributed by atoms with Crippen molar-refractivity contribution in [1.29, 1.82) is 0 Å². The molecule has 0 saturated heterocycles. The molecule has 0 spiro atoms. The van der Waals surface area contributed by atoms with Gasteiger partial charge in [0.2, 0.25) is 0 Å². The molecule has 27 heavy (non-hydrogen) atoms. The van der Waals surface area contributed by atoms with Gasteiger partial charge in [-0.15, -0.1) is 0 Å². The standard InChI is InChI=1S/C20H24BrCl2NO3/c1-2-26-19-11-14(12-24-8-3-4-9-25)10-16(21)20(19)27-13-15-17(22)6-5-7-18(15)23/h5-7,10-11,24-25H,2-4,8-9,12-13H2,1H3. The van der Waals surface area contributed by atoms with Crippen LogP contribution in [0, 0.1) is 0 Å². The largest absolute Gasteiger partial charge is 0.490 e. The molecule has 0 unspecified atom stereocenters. The summed E-state index contributed by atoms with van der Waals surface area (Å²) in [6, 6.07) is 9.35. The van der Waals surface area contributed by atoms with Crippen molar-refractivity contribution < 1.29 is 14.6 Å². The summed E-state index contributed by atoms with van der Waals surface area (Å²) in [4.78, 5) is 0. The number of halogens is 3. The topological polar surface area (TPSA) is 50.7 Å². The van der Waals surface area contributed by atoms with Crippen molar-refractivity contribution in [3.8, 4) is 11.5 Å². The Morgan fingerprint density at radius 2 is 1.85 bits per heavy atom. The van der Waals surface area contributed by atoms with Crippen LogP contribution in [0.3, 0.4) is 0 Å². The van der Waals surface area contributed by atoms with E-state index in [9.17, 15) is 0 Å². The van der Waals surface area contributed by atoms with Crippen LogP contribution in [-0.4, -0.2) is 24.9 Å². The Morgan fingerprint density at radius 3 is 2.52 bits per heavy atom. The van der Waals surface area contributed by atoms with Crippen molar-refractivity contribution in [2.24, 2.45) is 0 Å². The van der Waals surface area contributed by atoms with E-state index in [0.29, 0.717) is 34.7 Å². The van der Waals surface area contributed by atoms with Crippen LogP contribution in [0.15, 0.2) is 34.8 Å². The summed E-state index contributed by atoms with van der Waals surface area (Å²) < 4.78 is 12.6. The molecular formula is C20H24BrCl2NO3. The lowest BCUT2D eigenvalue weighted by Gasteiger charge is -2.16. The number of hydrogen-bond donors (Lipinski definition) is 2. The summed E-state index contributed by atoms with van der Waals surface area (Å²) in [5.41, 5.74) is 1.82. The third kappa shape index (κ3) is 6.84. The van der Waals surface area contributed by atoms with Crippen LogP contribution in [-0.2, 0) is 13.2 Å². The van der Waals surface area contributed by atoms with Gasteiger partial charge < -0.3 is 19.9 Å². The number of aliphatic hydroxyl groups is 1. The molecule has 0 aliphatic heterocycles. The van der Waals surface area contributed by atoms with Crippen LogP contribution in [0.5, 0.6) is 11.5 Å². The fraction of sp³-hybridized carbons (Fsp3) is 0.400. The van der Waals surface area contributed by atoms with E-state index < -0.39 is 0 Å². The molecule has 0 aliphatic rings. The molecule has 0 amide bonds. The van der Waals surface area contributed by atoms with Crippen LogP contribution in [0.4, 0.5) is 0 Å². The van der Waals surface area contributed by atoms with Crippen LogP contribution in [0.2, 0.25) is 10.0 Å². The Bertz CT molecular complexity index is 723. The average molecular weight is 477 g/mol. The second-order valence-electron chi connectivity index (χ2n) is 5.93. The molecule has 0 radical (unpaired) electrons. The van der Waals surface area contributed by atoms with Gasteiger partial charge in [0.1, 0.15) is 6.61 Å². The monoisotopic (exact) mass is 475 g/mol. The first-order chi connectivity index (χ1) is 13.1. The Hall–Kier alpha value is -0.980. The number of hydrogen-bond acceptors (Lipinski definition) is 4. The number of ether oxygens (including phenoxy) is 2. The minimum absolute atomic E-state index is 0.225. The maximum atomic E-state index is 8.83. The molecule has 148 valence electrons. The molecule has 0 heterocycles. The highest BCUT2D eigenvalue weighted by Crippen LogP contribution is 2.38. The van der Waals surface area contributed by atoms with Crippen molar-refractivity contribution in [1.82, 2.24) is 5.32 Å². The van der Waals surface area contributed by atoms with Crippen molar-refractivity contribution in [2.75, 3.05) is 19.8 Å². The summed E-state index contributed by atoms with van der Waals surface area (Å²) in [5, 5.41) is 13.3. The van der Waals surface area contributed by atoms with E-state index in [4.69, 9.17) is 37.8 Å². The third-order valence-electron chi connectivity index (χ3n) is 3.88. The van der Waals surface area contributed by atoms with Crippen molar-refractivity contribution in [2.45, 2.75) is 32.9 Å². The number of nitrogens with one attached hydrogen (secondary N) is 1. The van der Waals surface area contributed by atoms with Gasteiger partial charge >= 0.3 is 0 Å². The molecule has 0 fully saturated rings. The summed E-state index contributed by atoms with van der Waals surface area (Å²) in [7, 11) is 0. The van der Waals surface area contributed by atoms with Gasteiger partial charge in [-0.2, -0.15) is 0 Å². The number of unbranched alkanes of at least 4 members (excludes halogenated alkanes) is 1. The molecule has 2 rings (SSSR count). The van der Waals surface area contributed by atoms with Gasteiger partial charge in [-0.1, -0.05) is 29.3 Å². The van der Waals surface area contributed by atoms with E-state index in [2.05, 4.69) is 21.2 Å². The average Bonchev–Trinajstić information content (AvgIpc) is 2.63. The van der Waals surface area contributed by atoms with Gasteiger partial charge in [-0.3, -0.25) is 0 Å². The van der Waals surface area contributed by atoms with E-state index >= 15 is 0 Å². The van der Waals surface area contributed by atoms with Gasteiger partial charge in [-0.25, -0.2) is 0 Å². The Labute approximate surface area is 178 Å². The molecule has 0 aromatic heterocycles. The highest BCUT2D eigenvalue weighted by molar-refractivity contribution is 9.10. The number of benzene rings is 2. The molecule has 0 saturated carbocycles. The molecule has 0 atom stereocenters. The molecule has 0 aliphatic carbocycles. The molecule has 0 bridgehead atoms. The molecule has 2 aromatic rings. The highest BCUT2D eigenvalue weighted by Gasteiger charge is 2.14. The quantitative estimate of drug-likeness (QED) is 0.414. The Kier molecular flexibility index (Phi) is 9.73. The van der Waals surface area contributed by atoms with Crippen LogP contribution >= 0.6 is 39.1 Å². The van der Waals surface area contributed by atoms with Gasteiger partial charge in [-0.05, 0) is 72.1 Å². The fourth-order valence-electron chi connectivity index (χ4n) is 2.54. The minimum atomic E-state index is 0.225. The number of aliphatic hydroxyl groups excluding tert-OH is 1. The van der Waals surface area contributed by atoms with Gasteiger partial charge in [0, 0.05) is 28.8 Å². The predicted octanol–water partition coefficient (Wildman–Crippen LogP) is 5.60. The van der Waals surface area contributed by atoms with Crippen molar-refractivity contribution in [3.05, 3.63) is 56.0 Å². The lowest BCUT2D eigenvalue weighted by molar-refractivity contribution is 0.267. The van der Waals surface area contributed by atoms with Crippen LogP contribution < -0.4 is 14.8 Å². The lowest BCUT2D eigenvalue weighted by Crippen LogP contribution is -2.15. The zero-order valence-electron chi connectivity index (χ0n) is 15.2. The van der Waals surface area contributed by atoms with Gasteiger partial charge in [0.15, 0.2) is 11.5 Å². The Balaban J connectivity index is 2.10. The van der Waals surface area contributed by atoms with E-state index in [1.165, 1.54) is 0 Å². The van der Waals surface area contributed by atoms with Crippen molar-refractivity contribution >= 4 is 39.1 Å². The maximum absolute atomic E-state index is 8.83. The zero-order valence-corrected chi connectivity index (χ0v) is 18.3. The van der Waals surface area contributed by atoms with Crippen LogP contribution in [0.1, 0.15) is 30.9 Å². The first-order valence-corrected chi connectivity index (χ1v) is 10.4. The normalized spacial score (nSPS) is 10.9. The predicted molar refractivity (Wildman–Crippen MR) is 114 cm³/mol. The van der Waals surface area contributed by atoms with Gasteiger partial charge in [0.05, 0.1) is 11.1 Å². The second-order valence-corrected chi connectivity index (χ2v) is 7.60. The zero-order chi connectivity index (χ0) is 19.6. The molecule has 7 heteroatoms. The summed E-state index contributed by atoms with van der Waals surface area (Å²) >= 11 is 16.0. The third-order valence-corrected chi connectivity index (χ3v) is 5.18. The SMILES string of the molecule is CCOc1cc(CNCCCCO)cc(Br)c1OCc1c(Cl)cccc1Cl. The summed E-state index contributed by atoms with van der Waals surface area (Å²) in [5.74, 6) is 1.29. The summed E-state index contributed by atoms with van der Waals surface area (Å²) in [6.45, 7) is 4.50. The fourth-order valence-corrected chi connectivity index (χ4v) is 3.65. The molecular weight excluding hydrogens is 453 g/mol. The lowest BCUT2D eigenvalue weighted by atomic mass is 10.2. The Morgan fingerprint density at radius 1 is 1.11 bits per heavy atom. The first kappa shape index (κ1) is 22.3. The van der Waals surface area contributed by atoms with Crippen LogP contribution in [0.25, 0.3) is 0 Å². The summed E-state index contributed by atoms with van der Waals surface area (Å²) in [6.07, 6.45) is 1.74. The van der Waals surface area contributed by atoms with E-state index in [-0.39, 0.29) is 13.2 Å². The smallest absolute Gasteiger partial charge is 0.175 e.